The van der Waals surface area contributed by atoms with Crippen LogP contribution in [0.2, 0.25) is 0 Å². The molecule has 1 N–H and O–H groups in total. The second-order valence-corrected chi connectivity index (χ2v) is 9.08. The number of carbonyl (C=O) groups excluding carboxylic acids is 2. The molecule has 1 aromatic heterocycles. The molecule has 6 nitrogen and oxygen atoms in total. The summed E-state index contributed by atoms with van der Waals surface area (Å²) in [6.45, 7) is 10.9. The van der Waals surface area contributed by atoms with Crippen LogP contribution in [0, 0.1) is 13.8 Å². The number of nitrogens with zero attached hydrogens (tertiary/aromatic N) is 2. The summed E-state index contributed by atoms with van der Waals surface area (Å²) >= 11 is 0. The number of aryl methyl sites for hydroxylation is 1. The summed E-state index contributed by atoms with van der Waals surface area (Å²) in [5.74, 6) is 0.000215. The number of para-hydroxylation sites is 1. The van der Waals surface area contributed by atoms with E-state index in [1.165, 1.54) is 0 Å². The predicted molar refractivity (Wildman–Crippen MR) is 123 cm³/mol. The molecule has 31 heavy (non-hydrogen) atoms. The molecule has 3 rings (SSSR count). The Morgan fingerprint density at radius 1 is 1.10 bits per heavy atom. The van der Waals surface area contributed by atoms with Crippen LogP contribution in [-0.2, 0) is 9.53 Å². The summed E-state index contributed by atoms with van der Waals surface area (Å²) < 4.78 is 7.51. The van der Waals surface area contributed by atoms with Crippen LogP contribution in [0.25, 0.3) is 11.8 Å². The maximum absolute atomic E-state index is 12.7. The maximum atomic E-state index is 12.7. The first-order valence-electron chi connectivity index (χ1n) is 10.8. The van der Waals surface area contributed by atoms with Gasteiger partial charge in [0, 0.05) is 42.3 Å². The number of benzene rings is 1. The molecular formula is C25H33N3O3. The van der Waals surface area contributed by atoms with E-state index in [1.54, 1.807) is 6.08 Å². The third-order valence-corrected chi connectivity index (χ3v) is 5.42. The fourth-order valence-corrected chi connectivity index (χ4v) is 3.92. The predicted octanol–water partition coefficient (Wildman–Crippen LogP) is 4.62. The number of likely N-dealkylation sites (tertiary alicyclic amines) is 1. The zero-order valence-electron chi connectivity index (χ0n) is 19.1. The van der Waals surface area contributed by atoms with Crippen molar-refractivity contribution in [3.8, 4) is 5.69 Å². The van der Waals surface area contributed by atoms with Crippen LogP contribution in [0.1, 0.15) is 50.6 Å². The van der Waals surface area contributed by atoms with Gasteiger partial charge >= 0.3 is 6.09 Å². The highest BCUT2D eigenvalue weighted by molar-refractivity contribution is 5.92. The Bertz CT molecular complexity index is 946. The molecule has 1 aromatic carbocycles. The number of alkyl carbamates (subject to hydrolysis) is 1. The number of amides is 2. The molecule has 6 heteroatoms. The number of carbonyl (C=O) groups is 2. The summed E-state index contributed by atoms with van der Waals surface area (Å²) in [6, 6.07) is 12.3. The van der Waals surface area contributed by atoms with E-state index in [1.807, 2.05) is 49.9 Å². The average molecular weight is 424 g/mol. The van der Waals surface area contributed by atoms with E-state index >= 15 is 0 Å². The lowest BCUT2D eigenvalue weighted by atomic mass is 10.1. The van der Waals surface area contributed by atoms with E-state index in [0.29, 0.717) is 13.1 Å². The first kappa shape index (κ1) is 22.7. The second kappa shape index (κ2) is 9.41. The number of ether oxygens (including phenoxy) is 1. The first-order valence-corrected chi connectivity index (χ1v) is 10.8. The number of nitrogens with one attached hydrogen (secondary N) is 1. The lowest BCUT2D eigenvalue weighted by molar-refractivity contribution is -0.127. The van der Waals surface area contributed by atoms with Crippen molar-refractivity contribution < 1.29 is 14.3 Å². The Kier molecular flexibility index (Phi) is 6.88. The molecule has 1 fully saturated rings. The van der Waals surface area contributed by atoms with Crippen molar-refractivity contribution in [2.45, 2.75) is 59.1 Å². The topological polar surface area (TPSA) is 63.6 Å². The van der Waals surface area contributed by atoms with Gasteiger partial charge in [-0.1, -0.05) is 18.2 Å². The van der Waals surface area contributed by atoms with Crippen molar-refractivity contribution in [1.82, 2.24) is 14.8 Å². The first-order chi connectivity index (χ1) is 14.6. The molecule has 1 aliphatic heterocycles. The van der Waals surface area contributed by atoms with Crippen LogP contribution in [0.4, 0.5) is 4.79 Å². The summed E-state index contributed by atoms with van der Waals surface area (Å²) in [5.41, 5.74) is 3.87. The molecule has 0 aliphatic carbocycles. The van der Waals surface area contributed by atoms with E-state index in [-0.39, 0.29) is 11.9 Å². The third-order valence-electron chi connectivity index (χ3n) is 5.42. The molecule has 0 bridgehead atoms. The maximum Gasteiger partial charge on any atom is 0.407 e. The number of piperidine rings is 1. The Balaban J connectivity index is 1.57. The molecule has 166 valence electrons. The molecular weight excluding hydrogens is 390 g/mol. The SMILES string of the molecule is Cc1cc(/C=C/C(=O)N2CCC(NC(=O)OC(C)(C)C)CC2)c(C)n1-c1ccccc1. The van der Waals surface area contributed by atoms with Gasteiger partial charge in [0.25, 0.3) is 0 Å². The van der Waals surface area contributed by atoms with Gasteiger partial charge in [0.05, 0.1) is 0 Å². The van der Waals surface area contributed by atoms with Crippen LogP contribution >= 0.6 is 0 Å². The average Bonchev–Trinajstić information content (AvgIpc) is 2.99. The summed E-state index contributed by atoms with van der Waals surface area (Å²) in [6.07, 6.45) is 4.60. The van der Waals surface area contributed by atoms with Crippen LogP contribution in [-0.4, -0.2) is 46.2 Å². The molecule has 2 amide bonds. The van der Waals surface area contributed by atoms with Gasteiger partial charge in [-0.25, -0.2) is 4.79 Å². The molecule has 1 saturated heterocycles. The van der Waals surface area contributed by atoms with Crippen molar-refractivity contribution in [1.29, 1.82) is 0 Å². The zero-order chi connectivity index (χ0) is 22.6. The molecule has 1 aliphatic rings. The molecule has 0 atom stereocenters. The highest BCUT2D eigenvalue weighted by Crippen LogP contribution is 2.22. The van der Waals surface area contributed by atoms with Crippen LogP contribution in [0.5, 0.6) is 0 Å². The van der Waals surface area contributed by atoms with Gasteiger partial charge in [-0.05, 0) is 77.3 Å². The van der Waals surface area contributed by atoms with Crippen molar-refractivity contribution in [2.75, 3.05) is 13.1 Å². The Morgan fingerprint density at radius 3 is 2.35 bits per heavy atom. The van der Waals surface area contributed by atoms with Crippen LogP contribution in [0.3, 0.4) is 0 Å². The minimum atomic E-state index is -0.512. The Morgan fingerprint density at radius 2 is 1.74 bits per heavy atom. The van der Waals surface area contributed by atoms with Gasteiger partial charge in [0.15, 0.2) is 0 Å². The molecule has 2 aromatic rings. The van der Waals surface area contributed by atoms with Crippen molar-refractivity contribution >= 4 is 18.1 Å². The van der Waals surface area contributed by atoms with Gasteiger partial charge in [-0.15, -0.1) is 0 Å². The van der Waals surface area contributed by atoms with E-state index < -0.39 is 11.7 Å². The van der Waals surface area contributed by atoms with Crippen molar-refractivity contribution in [3.63, 3.8) is 0 Å². The van der Waals surface area contributed by atoms with E-state index in [0.717, 1.165) is 35.5 Å². The number of hydrogen-bond acceptors (Lipinski definition) is 3. The normalized spacial score (nSPS) is 15.3. The molecule has 2 heterocycles. The summed E-state index contributed by atoms with van der Waals surface area (Å²) in [4.78, 5) is 26.5. The van der Waals surface area contributed by atoms with Gasteiger partial charge in [0.2, 0.25) is 5.91 Å². The van der Waals surface area contributed by atoms with Crippen LogP contribution in [0.15, 0.2) is 42.5 Å². The third kappa shape index (κ3) is 6.00. The number of hydrogen-bond donors (Lipinski definition) is 1. The van der Waals surface area contributed by atoms with Crippen molar-refractivity contribution in [2.24, 2.45) is 0 Å². The van der Waals surface area contributed by atoms with Crippen molar-refractivity contribution in [3.05, 3.63) is 59.4 Å². The number of aromatic nitrogens is 1. The minimum Gasteiger partial charge on any atom is -0.444 e. The second-order valence-electron chi connectivity index (χ2n) is 9.08. The zero-order valence-corrected chi connectivity index (χ0v) is 19.1. The standard InChI is InChI=1S/C25H33N3O3/c1-18-17-20(19(2)28(18)22-9-7-6-8-10-22)11-12-23(29)27-15-13-21(14-16-27)26-24(30)31-25(3,4)5/h6-12,17,21H,13-16H2,1-5H3,(H,26,30)/b12-11+. The van der Waals surface area contributed by atoms with Crippen LogP contribution < -0.4 is 5.32 Å². The number of rotatable bonds is 4. The quantitative estimate of drug-likeness (QED) is 0.730. The van der Waals surface area contributed by atoms with Gasteiger partial charge < -0.3 is 19.5 Å². The molecule has 0 spiro atoms. The lowest BCUT2D eigenvalue weighted by Crippen LogP contribution is -2.47. The van der Waals surface area contributed by atoms with Gasteiger partial charge in [0.1, 0.15) is 5.60 Å². The highest BCUT2D eigenvalue weighted by Gasteiger charge is 2.25. The van der Waals surface area contributed by atoms with E-state index in [2.05, 4.69) is 41.9 Å². The summed E-state index contributed by atoms with van der Waals surface area (Å²) in [7, 11) is 0. The lowest BCUT2D eigenvalue weighted by Gasteiger charge is -2.32. The van der Waals surface area contributed by atoms with Gasteiger partial charge in [-0.2, -0.15) is 0 Å². The van der Waals surface area contributed by atoms with E-state index in [4.69, 9.17) is 4.74 Å². The Labute approximate surface area is 184 Å². The largest absolute Gasteiger partial charge is 0.444 e. The highest BCUT2D eigenvalue weighted by atomic mass is 16.6. The molecule has 0 unspecified atom stereocenters. The minimum absolute atomic E-state index is 0.000215. The van der Waals surface area contributed by atoms with Gasteiger partial charge in [-0.3, -0.25) is 4.79 Å². The molecule has 0 saturated carbocycles. The molecule has 0 radical (unpaired) electrons. The fourth-order valence-electron chi connectivity index (χ4n) is 3.92. The smallest absolute Gasteiger partial charge is 0.407 e. The summed E-state index contributed by atoms with van der Waals surface area (Å²) in [5, 5.41) is 2.90. The van der Waals surface area contributed by atoms with E-state index in [9.17, 15) is 9.59 Å². The monoisotopic (exact) mass is 423 g/mol. The fraction of sp³-hybridized carbons (Fsp3) is 0.440. The Hall–Kier alpha value is -3.02.